The molecule has 0 fully saturated rings. The van der Waals surface area contributed by atoms with E-state index in [9.17, 15) is 39.5 Å². The van der Waals surface area contributed by atoms with Gasteiger partial charge in [-0.05, 0) is 37.1 Å². The van der Waals surface area contributed by atoms with Crippen molar-refractivity contribution >= 4 is 0 Å². The fourth-order valence-electron chi connectivity index (χ4n) is 1.75. The predicted molar refractivity (Wildman–Crippen MR) is 68.3 cm³/mol. The van der Waals surface area contributed by atoms with Gasteiger partial charge in [-0.25, -0.2) is 0 Å². The molecule has 0 unspecified atom stereocenters. The first-order chi connectivity index (χ1) is 11.2. The van der Waals surface area contributed by atoms with Gasteiger partial charge < -0.3 is 9.84 Å². The van der Waals surface area contributed by atoms with Gasteiger partial charge in [-0.2, -0.15) is 39.5 Å². The van der Waals surface area contributed by atoms with Gasteiger partial charge in [0.05, 0.1) is 6.61 Å². The van der Waals surface area contributed by atoms with Crippen molar-refractivity contribution in [2.75, 3.05) is 6.61 Å². The van der Waals surface area contributed by atoms with Crippen molar-refractivity contribution in [1.82, 2.24) is 0 Å². The third kappa shape index (κ3) is 4.63. The number of halogens is 9. The number of phenols is 1. The lowest BCUT2D eigenvalue weighted by Crippen LogP contribution is -2.60. The number of ether oxygens (including phenoxy) is 1. The highest BCUT2D eigenvalue weighted by atomic mass is 19.4. The van der Waals surface area contributed by atoms with Crippen LogP contribution in [-0.4, -0.2) is 35.7 Å². The maximum absolute atomic E-state index is 13.2. The van der Waals surface area contributed by atoms with Crippen LogP contribution in [0.1, 0.15) is 19.3 Å². The minimum absolute atomic E-state index is 0.0696. The second kappa shape index (κ2) is 7.20. The quantitative estimate of drug-likeness (QED) is 0.480. The van der Waals surface area contributed by atoms with Crippen LogP contribution in [0.3, 0.4) is 0 Å². The highest BCUT2D eigenvalue weighted by molar-refractivity contribution is 5.29. The van der Waals surface area contributed by atoms with Crippen LogP contribution in [0.15, 0.2) is 24.3 Å². The topological polar surface area (TPSA) is 29.5 Å². The molecule has 1 aromatic carbocycles. The van der Waals surface area contributed by atoms with Crippen LogP contribution in [0.2, 0.25) is 0 Å². The molecule has 0 atom stereocenters. The van der Waals surface area contributed by atoms with Gasteiger partial charge in [0.1, 0.15) is 11.5 Å². The smallest absolute Gasteiger partial charge is 0.460 e. The summed E-state index contributed by atoms with van der Waals surface area (Å²) in [4.78, 5) is 0. The largest absolute Gasteiger partial charge is 0.508 e. The van der Waals surface area contributed by atoms with E-state index in [2.05, 4.69) is 0 Å². The number of alkyl halides is 9. The molecule has 0 saturated carbocycles. The number of unbranched alkanes of at least 4 members (excludes halogenated alkanes) is 1. The van der Waals surface area contributed by atoms with Crippen LogP contribution in [0.4, 0.5) is 39.5 Å². The lowest BCUT2D eigenvalue weighted by atomic mass is 9.99. The molecule has 25 heavy (non-hydrogen) atoms. The van der Waals surface area contributed by atoms with Gasteiger partial charge in [0.2, 0.25) is 0 Å². The maximum atomic E-state index is 13.2. The Morgan fingerprint density at radius 1 is 0.760 bits per heavy atom. The minimum Gasteiger partial charge on any atom is -0.508 e. The summed E-state index contributed by atoms with van der Waals surface area (Å²) in [6.07, 6.45) is -9.73. The molecule has 1 rings (SSSR count). The number of phenolic OH excluding ortho intramolecular Hbond substituents is 1. The average molecular weight is 384 g/mol. The lowest BCUT2D eigenvalue weighted by Gasteiger charge is -2.33. The van der Waals surface area contributed by atoms with E-state index >= 15 is 0 Å². The Bertz CT molecular complexity index is 552. The molecule has 0 radical (unpaired) electrons. The molecule has 0 heterocycles. The Morgan fingerprint density at radius 2 is 1.28 bits per heavy atom. The van der Waals surface area contributed by atoms with Gasteiger partial charge in [0.15, 0.2) is 0 Å². The number of aromatic hydroxyl groups is 1. The van der Waals surface area contributed by atoms with E-state index in [1.165, 1.54) is 24.3 Å². The first kappa shape index (κ1) is 21.2. The number of benzene rings is 1. The van der Waals surface area contributed by atoms with E-state index in [1.807, 2.05) is 0 Å². The second-order valence-corrected chi connectivity index (χ2v) is 5.15. The molecule has 0 aliphatic carbocycles. The standard InChI is InChI=1S/C14H13F9O2/c15-11(16,12(17,18)13(19,20)14(21,22)23)7-1-2-8-25-10-5-3-9(24)4-6-10/h3-6,24H,1-2,7-8H2. The zero-order chi connectivity index (χ0) is 19.5. The summed E-state index contributed by atoms with van der Waals surface area (Å²) in [7, 11) is 0. The third-order valence-electron chi connectivity index (χ3n) is 3.20. The highest BCUT2D eigenvalue weighted by Gasteiger charge is 2.81. The minimum atomic E-state index is -6.86. The molecule has 0 saturated heterocycles. The number of hydrogen-bond donors (Lipinski definition) is 1. The molecule has 0 aliphatic rings. The van der Waals surface area contributed by atoms with Crippen LogP contribution in [-0.2, 0) is 0 Å². The summed E-state index contributed by atoms with van der Waals surface area (Å²) in [5.41, 5.74) is 0. The Kier molecular flexibility index (Phi) is 6.12. The first-order valence-electron chi connectivity index (χ1n) is 6.84. The monoisotopic (exact) mass is 384 g/mol. The van der Waals surface area contributed by atoms with Gasteiger partial charge >= 0.3 is 23.9 Å². The van der Waals surface area contributed by atoms with Gasteiger partial charge in [-0.3, -0.25) is 0 Å². The van der Waals surface area contributed by atoms with Crippen molar-refractivity contribution in [3.63, 3.8) is 0 Å². The van der Waals surface area contributed by atoms with Crippen LogP contribution >= 0.6 is 0 Å². The lowest BCUT2D eigenvalue weighted by molar-refractivity contribution is -0.396. The summed E-state index contributed by atoms with van der Waals surface area (Å²) in [6.45, 7) is -0.262. The van der Waals surface area contributed by atoms with Crippen molar-refractivity contribution in [3.05, 3.63) is 24.3 Å². The zero-order valence-corrected chi connectivity index (χ0v) is 12.4. The normalized spacial score (nSPS) is 13.8. The molecule has 0 bridgehead atoms. The Balaban J connectivity index is 2.55. The fourth-order valence-corrected chi connectivity index (χ4v) is 1.75. The van der Waals surface area contributed by atoms with Crippen molar-refractivity contribution in [2.24, 2.45) is 0 Å². The molecule has 1 N–H and O–H groups in total. The molecule has 0 aromatic heterocycles. The molecule has 1 aromatic rings. The molecule has 0 aliphatic heterocycles. The van der Waals surface area contributed by atoms with Gasteiger partial charge in [-0.15, -0.1) is 0 Å². The van der Waals surface area contributed by atoms with Crippen molar-refractivity contribution in [2.45, 2.75) is 43.2 Å². The second-order valence-electron chi connectivity index (χ2n) is 5.15. The molecule has 11 heteroatoms. The van der Waals surface area contributed by atoms with Gasteiger partial charge in [0.25, 0.3) is 0 Å². The molecular formula is C14H13F9O2. The summed E-state index contributed by atoms with van der Waals surface area (Å²) in [5.74, 6) is -18.8. The van der Waals surface area contributed by atoms with E-state index < -0.39 is 36.8 Å². The van der Waals surface area contributed by atoms with Crippen LogP contribution in [0.25, 0.3) is 0 Å². The fraction of sp³-hybridized carbons (Fsp3) is 0.571. The molecule has 144 valence electrons. The van der Waals surface area contributed by atoms with E-state index in [0.717, 1.165) is 0 Å². The zero-order valence-electron chi connectivity index (χ0n) is 12.4. The summed E-state index contributed by atoms with van der Waals surface area (Å²) in [5, 5.41) is 9.00. The van der Waals surface area contributed by atoms with Crippen LogP contribution in [0.5, 0.6) is 11.5 Å². The SMILES string of the molecule is Oc1ccc(OCCCCC(F)(F)C(F)(F)C(F)(F)C(F)(F)F)cc1. The number of rotatable bonds is 8. The average Bonchev–Trinajstić information content (AvgIpc) is 2.47. The first-order valence-corrected chi connectivity index (χ1v) is 6.84. The van der Waals surface area contributed by atoms with E-state index in [0.29, 0.717) is 0 Å². The van der Waals surface area contributed by atoms with Crippen molar-refractivity contribution in [1.29, 1.82) is 0 Å². The van der Waals surface area contributed by atoms with E-state index in [4.69, 9.17) is 9.84 Å². The van der Waals surface area contributed by atoms with E-state index in [1.54, 1.807) is 0 Å². The van der Waals surface area contributed by atoms with E-state index in [-0.39, 0.29) is 24.5 Å². The summed E-state index contributed by atoms with van der Waals surface area (Å²) >= 11 is 0. The molecule has 0 amide bonds. The molecule has 2 nitrogen and oxygen atoms in total. The Labute approximate surface area is 136 Å². The number of hydrogen-bond acceptors (Lipinski definition) is 2. The van der Waals surface area contributed by atoms with Gasteiger partial charge in [-0.1, -0.05) is 0 Å². The molecule has 0 spiro atoms. The Morgan fingerprint density at radius 3 is 1.76 bits per heavy atom. The maximum Gasteiger partial charge on any atom is 0.460 e. The molecular weight excluding hydrogens is 371 g/mol. The predicted octanol–water partition coefficient (Wildman–Crippen LogP) is 5.41. The summed E-state index contributed by atoms with van der Waals surface area (Å²) in [6, 6.07) is 5.15. The van der Waals surface area contributed by atoms with Crippen molar-refractivity contribution < 1.29 is 49.4 Å². The third-order valence-corrected chi connectivity index (χ3v) is 3.20. The van der Waals surface area contributed by atoms with Crippen LogP contribution in [0, 0.1) is 0 Å². The van der Waals surface area contributed by atoms with Crippen molar-refractivity contribution in [3.8, 4) is 11.5 Å². The van der Waals surface area contributed by atoms with Gasteiger partial charge in [0, 0.05) is 6.42 Å². The highest BCUT2D eigenvalue weighted by Crippen LogP contribution is 2.54. The summed E-state index contributed by atoms with van der Waals surface area (Å²) < 4.78 is 119. The Hall–Kier alpha value is -1.81. The van der Waals surface area contributed by atoms with Crippen LogP contribution < -0.4 is 4.74 Å².